The minimum Gasteiger partial charge on any atom is -0.497 e. The number of piperidine rings is 1. The zero-order valence-electron chi connectivity index (χ0n) is 16.2. The third-order valence-electron chi connectivity index (χ3n) is 4.46. The van der Waals surface area contributed by atoms with Crippen LogP contribution in [0.3, 0.4) is 0 Å². The summed E-state index contributed by atoms with van der Waals surface area (Å²) in [6, 6.07) is 9.35. The summed E-state index contributed by atoms with van der Waals surface area (Å²) in [5.41, 5.74) is 0.923. The molecule has 1 aromatic rings. The standard InChI is InChI=1S/C20H26N4O4/c1-3-28-20(26)24-10-8-17(9-11-24)22-14-16(12-21)19(25)23-13-15-4-6-18(27-2)7-5-15/h4-7,14,17,22H,3,8-11,13H2,1-2H3,(H,23,25)/b16-14-. The first kappa shape index (κ1) is 21.1. The van der Waals surface area contributed by atoms with E-state index in [9.17, 15) is 14.9 Å². The second-order valence-corrected chi connectivity index (χ2v) is 6.33. The molecule has 28 heavy (non-hydrogen) atoms. The van der Waals surface area contributed by atoms with E-state index in [-0.39, 0.29) is 17.7 Å². The molecular formula is C20H26N4O4. The third-order valence-corrected chi connectivity index (χ3v) is 4.46. The minimum atomic E-state index is -0.435. The first-order chi connectivity index (χ1) is 13.6. The Morgan fingerprint density at radius 2 is 1.96 bits per heavy atom. The number of amides is 2. The number of nitriles is 1. The van der Waals surface area contributed by atoms with E-state index in [1.165, 1.54) is 6.20 Å². The molecule has 0 spiro atoms. The van der Waals surface area contributed by atoms with Crippen molar-refractivity contribution < 1.29 is 19.1 Å². The highest BCUT2D eigenvalue weighted by molar-refractivity contribution is 5.97. The van der Waals surface area contributed by atoms with E-state index in [4.69, 9.17) is 9.47 Å². The van der Waals surface area contributed by atoms with Crippen molar-refractivity contribution in [2.24, 2.45) is 0 Å². The topological polar surface area (TPSA) is 104 Å². The lowest BCUT2D eigenvalue weighted by Gasteiger charge is -2.31. The zero-order valence-corrected chi connectivity index (χ0v) is 16.2. The Bertz CT molecular complexity index is 732. The highest BCUT2D eigenvalue weighted by Gasteiger charge is 2.23. The van der Waals surface area contributed by atoms with Crippen LogP contribution in [0.2, 0.25) is 0 Å². The van der Waals surface area contributed by atoms with Gasteiger partial charge in [0.15, 0.2) is 0 Å². The van der Waals surface area contributed by atoms with Gasteiger partial charge in [-0.05, 0) is 37.5 Å². The number of likely N-dealkylation sites (tertiary alicyclic amines) is 1. The van der Waals surface area contributed by atoms with Gasteiger partial charge in [0.25, 0.3) is 5.91 Å². The summed E-state index contributed by atoms with van der Waals surface area (Å²) in [6.07, 6.45) is 2.60. The zero-order chi connectivity index (χ0) is 20.4. The predicted octanol–water partition coefficient (Wildman–Crippen LogP) is 1.93. The highest BCUT2D eigenvalue weighted by Crippen LogP contribution is 2.12. The molecular weight excluding hydrogens is 360 g/mol. The summed E-state index contributed by atoms with van der Waals surface area (Å²) in [5.74, 6) is 0.306. The highest BCUT2D eigenvalue weighted by atomic mass is 16.6. The SMILES string of the molecule is CCOC(=O)N1CCC(N/C=C(/C#N)C(=O)NCc2ccc(OC)cc2)CC1. The van der Waals surface area contributed by atoms with Crippen LogP contribution in [0, 0.1) is 11.3 Å². The van der Waals surface area contributed by atoms with Gasteiger partial charge >= 0.3 is 6.09 Å². The lowest BCUT2D eigenvalue weighted by Crippen LogP contribution is -2.44. The van der Waals surface area contributed by atoms with Crippen molar-refractivity contribution in [3.63, 3.8) is 0 Å². The molecule has 0 unspecified atom stereocenters. The minimum absolute atomic E-state index is 0.0151. The Morgan fingerprint density at radius 1 is 1.29 bits per heavy atom. The van der Waals surface area contributed by atoms with Crippen LogP contribution in [0.25, 0.3) is 0 Å². The first-order valence-corrected chi connectivity index (χ1v) is 9.26. The van der Waals surface area contributed by atoms with Crippen LogP contribution in [0.4, 0.5) is 4.79 Å². The number of carbonyl (C=O) groups is 2. The molecule has 2 N–H and O–H groups in total. The molecule has 0 aliphatic carbocycles. The van der Waals surface area contributed by atoms with Crippen molar-refractivity contribution in [3.05, 3.63) is 41.6 Å². The van der Waals surface area contributed by atoms with Crippen molar-refractivity contribution >= 4 is 12.0 Å². The normalized spacial score (nSPS) is 14.8. The largest absolute Gasteiger partial charge is 0.497 e. The summed E-state index contributed by atoms with van der Waals surface area (Å²) >= 11 is 0. The Morgan fingerprint density at radius 3 is 2.54 bits per heavy atom. The van der Waals surface area contributed by atoms with E-state index in [1.807, 2.05) is 30.3 Å². The van der Waals surface area contributed by atoms with Crippen LogP contribution in [0.1, 0.15) is 25.3 Å². The Labute approximate surface area is 165 Å². The molecule has 2 rings (SSSR count). The van der Waals surface area contributed by atoms with Crippen LogP contribution in [0.15, 0.2) is 36.0 Å². The van der Waals surface area contributed by atoms with Crippen molar-refractivity contribution in [3.8, 4) is 11.8 Å². The number of hydrogen-bond acceptors (Lipinski definition) is 6. The Hall–Kier alpha value is -3.21. The molecule has 0 atom stereocenters. The monoisotopic (exact) mass is 386 g/mol. The van der Waals surface area contributed by atoms with E-state index in [2.05, 4.69) is 10.6 Å². The van der Waals surface area contributed by atoms with Gasteiger partial charge in [-0.3, -0.25) is 4.79 Å². The number of rotatable bonds is 7. The van der Waals surface area contributed by atoms with Gasteiger partial charge in [-0.2, -0.15) is 5.26 Å². The number of nitrogens with zero attached hydrogens (tertiary/aromatic N) is 2. The maximum atomic E-state index is 12.2. The van der Waals surface area contributed by atoms with Gasteiger partial charge in [0.2, 0.25) is 0 Å². The van der Waals surface area contributed by atoms with Crippen LogP contribution in [0.5, 0.6) is 5.75 Å². The van der Waals surface area contributed by atoms with Crippen molar-refractivity contribution in [1.82, 2.24) is 15.5 Å². The third kappa shape index (κ3) is 6.20. The molecule has 1 saturated heterocycles. The summed E-state index contributed by atoms with van der Waals surface area (Å²) in [5, 5.41) is 15.1. The fraction of sp³-hybridized carbons (Fsp3) is 0.450. The number of benzene rings is 1. The van der Waals surface area contributed by atoms with Crippen LogP contribution in [-0.2, 0) is 16.1 Å². The molecule has 1 aliphatic rings. The fourth-order valence-electron chi connectivity index (χ4n) is 2.81. The molecule has 150 valence electrons. The van der Waals surface area contributed by atoms with Gasteiger partial charge < -0.3 is 25.0 Å². The maximum absolute atomic E-state index is 12.2. The second kappa shape index (κ2) is 10.8. The van der Waals surface area contributed by atoms with Gasteiger partial charge in [0.05, 0.1) is 13.7 Å². The maximum Gasteiger partial charge on any atom is 0.409 e. The number of carbonyl (C=O) groups excluding carboxylic acids is 2. The summed E-state index contributed by atoms with van der Waals surface area (Å²) in [4.78, 5) is 25.6. The molecule has 1 heterocycles. The average molecular weight is 386 g/mol. The molecule has 0 bridgehead atoms. The van der Waals surface area contributed by atoms with E-state index >= 15 is 0 Å². The molecule has 8 heteroatoms. The van der Waals surface area contributed by atoms with Gasteiger partial charge in [0.1, 0.15) is 17.4 Å². The molecule has 0 saturated carbocycles. The fourth-order valence-corrected chi connectivity index (χ4v) is 2.81. The quantitative estimate of drug-likeness (QED) is 0.548. The summed E-state index contributed by atoms with van der Waals surface area (Å²) in [7, 11) is 1.59. The van der Waals surface area contributed by atoms with Crippen molar-refractivity contribution in [1.29, 1.82) is 5.26 Å². The molecule has 0 aromatic heterocycles. The average Bonchev–Trinajstić information content (AvgIpc) is 2.73. The second-order valence-electron chi connectivity index (χ2n) is 6.33. The molecule has 1 aromatic carbocycles. The molecule has 8 nitrogen and oxygen atoms in total. The van der Waals surface area contributed by atoms with E-state index < -0.39 is 5.91 Å². The molecule has 0 radical (unpaired) electrons. The number of methoxy groups -OCH3 is 1. The van der Waals surface area contributed by atoms with Crippen molar-refractivity contribution in [2.75, 3.05) is 26.8 Å². The van der Waals surface area contributed by atoms with E-state index in [0.29, 0.717) is 26.2 Å². The number of ether oxygens (including phenoxy) is 2. The molecule has 1 fully saturated rings. The van der Waals surface area contributed by atoms with Gasteiger partial charge in [-0.25, -0.2) is 4.79 Å². The van der Waals surface area contributed by atoms with Crippen molar-refractivity contribution in [2.45, 2.75) is 32.4 Å². The number of nitrogens with one attached hydrogen (secondary N) is 2. The Balaban J connectivity index is 1.80. The summed E-state index contributed by atoms with van der Waals surface area (Å²) in [6.45, 7) is 3.61. The predicted molar refractivity (Wildman–Crippen MR) is 103 cm³/mol. The van der Waals surface area contributed by atoms with Crippen LogP contribution in [-0.4, -0.2) is 49.7 Å². The van der Waals surface area contributed by atoms with Gasteiger partial charge in [-0.15, -0.1) is 0 Å². The van der Waals surface area contributed by atoms with E-state index in [0.717, 1.165) is 24.2 Å². The van der Waals surface area contributed by atoms with E-state index in [1.54, 1.807) is 18.9 Å². The van der Waals surface area contributed by atoms with Gasteiger partial charge in [-0.1, -0.05) is 12.1 Å². The molecule has 2 amide bonds. The smallest absolute Gasteiger partial charge is 0.409 e. The van der Waals surface area contributed by atoms with Crippen LogP contribution < -0.4 is 15.4 Å². The Kier molecular flexibility index (Phi) is 8.15. The number of hydrogen-bond donors (Lipinski definition) is 2. The first-order valence-electron chi connectivity index (χ1n) is 9.26. The lowest BCUT2D eigenvalue weighted by atomic mass is 10.1. The van der Waals surface area contributed by atoms with Gasteiger partial charge in [0, 0.05) is 31.9 Å². The molecule has 1 aliphatic heterocycles. The van der Waals surface area contributed by atoms with Crippen LogP contribution >= 0.6 is 0 Å². The summed E-state index contributed by atoms with van der Waals surface area (Å²) < 4.78 is 10.1. The lowest BCUT2D eigenvalue weighted by molar-refractivity contribution is -0.117.